The van der Waals surface area contributed by atoms with Crippen molar-refractivity contribution in [3.8, 4) is 0 Å². The maximum Gasteiger partial charge on any atom is 0.224 e. The Morgan fingerprint density at radius 2 is 2.25 bits per heavy atom. The van der Waals surface area contributed by atoms with Gasteiger partial charge in [0.15, 0.2) is 11.5 Å². The molecule has 3 heterocycles. The molecule has 84 valence electrons. The average molecular weight is 220 g/mol. The smallest absolute Gasteiger partial charge is 0.224 e. The van der Waals surface area contributed by atoms with E-state index in [1.807, 2.05) is 4.57 Å². The molecule has 0 bridgehead atoms. The predicted molar refractivity (Wildman–Crippen MR) is 58.6 cm³/mol. The van der Waals surface area contributed by atoms with Crippen molar-refractivity contribution in [1.82, 2.24) is 19.5 Å². The first-order valence-corrected chi connectivity index (χ1v) is 5.09. The molecule has 1 saturated heterocycles. The minimum absolute atomic E-state index is 0.172. The van der Waals surface area contributed by atoms with Crippen LogP contribution in [0.15, 0.2) is 6.33 Å². The van der Waals surface area contributed by atoms with Crippen molar-refractivity contribution >= 4 is 22.9 Å². The maximum absolute atomic E-state index is 5.73. The highest BCUT2D eigenvalue weighted by Crippen LogP contribution is 2.25. The van der Waals surface area contributed by atoms with Gasteiger partial charge in [0.1, 0.15) is 5.52 Å². The Balaban J connectivity index is 2.18. The Labute approximate surface area is 91.4 Å². The first-order chi connectivity index (χ1) is 7.75. The Kier molecular flexibility index (Phi) is 1.93. The molecule has 2 aromatic heterocycles. The first kappa shape index (κ1) is 9.34. The van der Waals surface area contributed by atoms with E-state index in [9.17, 15) is 0 Å². The number of imidazole rings is 1. The van der Waals surface area contributed by atoms with E-state index in [-0.39, 0.29) is 12.0 Å². The summed E-state index contributed by atoms with van der Waals surface area (Å²) in [6.45, 7) is 1.44. The molecule has 3 rings (SSSR count). The zero-order chi connectivity index (χ0) is 11.1. The van der Waals surface area contributed by atoms with Crippen LogP contribution in [-0.2, 0) is 4.74 Å². The molecule has 1 unspecified atom stereocenters. The lowest BCUT2D eigenvalue weighted by atomic mass is 10.2. The summed E-state index contributed by atoms with van der Waals surface area (Å²) >= 11 is 0. The molecule has 2 aromatic rings. The van der Waals surface area contributed by atoms with Crippen LogP contribution in [0.3, 0.4) is 0 Å². The summed E-state index contributed by atoms with van der Waals surface area (Å²) in [4.78, 5) is 12.3. The molecule has 1 atom stereocenters. The second-order valence-electron chi connectivity index (χ2n) is 3.81. The zero-order valence-corrected chi connectivity index (χ0v) is 8.63. The monoisotopic (exact) mass is 220 g/mol. The van der Waals surface area contributed by atoms with Gasteiger partial charge < -0.3 is 20.8 Å². The number of nitrogen functional groups attached to an aromatic ring is 2. The van der Waals surface area contributed by atoms with Crippen molar-refractivity contribution in [1.29, 1.82) is 0 Å². The zero-order valence-electron chi connectivity index (χ0n) is 8.63. The predicted octanol–water partition coefficient (Wildman–Crippen LogP) is -0.0479. The minimum Gasteiger partial charge on any atom is -0.382 e. The molecule has 4 N–H and O–H groups in total. The van der Waals surface area contributed by atoms with Crippen LogP contribution in [0.2, 0.25) is 0 Å². The standard InChI is InChI=1S/C9H12N6O/c10-7-6-8(14-9(11)13-7)15(4-12-6)5-1-2-16-3-5/h4-5H,1-3H2,(H4,10,11,13,14). The molecule has 1 aliphatic rings. The highest BCUT2D eigenvalue weighted by molar-refractivity contribution is 5.82. The lowest BCUT2D eigenvalue weighted by molar-refractivity contribution is 0.187. The summed E-state index contributed by atoms with van der Waals surface area (Å²) in [6.07, 6.45) is 2.67. The molecule has 0 radical (unpaired) electrons. The normalized spacial score (nSPS) is 20.6. The van der Waals surface area contributed by atoms with Crippen molar-refractivity contribution in [2.45, 2.75) is 12.5 Å². The topological polar surface area (TPSA) is 105 Å². The van der Waals surface area contributed by atoms with Crippen LogP contribution < -0.4 is 11.5 Å². The summed E-state index contributed by atoms with van der Waals surface area (Å²) in [7, 11) is 0. The molecule has 0 aromatic carbocycles. The van der Waals surface area contributed by atoms with Crippen LogP contribution in [0.1, 0.15) is 12.5 Å². The minimum atomic E-state index is 0.172. The molecule has 7 heteroatoms. The number of nitrogens with two attached hydrogens (primary N) is 2. The van der Waals surface area contributed by atoms with Gasteiger partial charge in [-0.25, -0.2) is 4.98 Å². The van der Waals surface area contributed by atoms with E-state index in [4.69, 9.17) is 16.2 Å². The molecule has 16 heavy (non-hydrogen) atoms. The molecule has 0 saturated carbocycles. The van der Waals surface area contributed by atoms with E-state index < -0.39 is 0 Å². The SMILES string of the molecule is Nc1nc(N)c2ncn(C3CCOC3)c2n1. The van der Waals surface area contributed by atoms with Crippen LogP contribution in [0.5, 0.6) is 0 Å². The Morgan fingerprint density at radius 1 is 1.38 bits per heavy atom. The first-order valence-electron chi connectivity index (χ1n) is 5.09. The van der Waals surface area contributed by atoms with Gasteiger partial charge in [-0.2, -0.15) is 9.97 Å². The third-order valence-electron chi connectivity index (χ3n) is 2.76. The highest BCUT2D eigenvalue weighted by atomic mass is 16.5. The molecule has 0 spiro atoms. The second kappa shape index (κ2) is 3.31. The van der Waals surface area contributed by atoms with Crippen molar-refractivity contribution < 1.29 is 4.74 Å². The van der Waals surface area contributed by atoms with Crippen LogP contribution in [0.4, 0.5) is 11.8 Å². The Hall–Kier alpha value is -1.89. The van der Waals surface area contributed by atoms with Crippen LogP contribution in [0, 0.1) is 0 Å². The molecule has 1 aliphatic heterocycles. The van der Waals surface area contributed by atoms with Gasteiger partial charge in [-0.1, -0.05) is 0 Å². The van der Waals surface area contributed by atoms with E-state index in [1.165, 1.54) is 0 Å². The Bertz CT molecular complexity index is 530. The number of nitrogens with zero attached hydrogens (tertiary/aromatic N) is 4. The molecular weight excluding hydrogens is 208 g/mol. The quantitative estimate of drug-likeness (QED) is 0.698. The van der Waals surface area contributed by atoms with Crippen molar-refractivity contribution in [2.75, 3.05) is 24.7 Å². The number of anilines is 2. The maximum atomic E-state index is 5.73. The largest absolute Gasteiger partial charge is 0.382 e. The second-order valence-corrected chi connectivity index (χ2v) is 3.81. The fourth-order valence-corrected chi connectivity index (χ4v) is 1.96. The highest BCUT2D eigenvalue weighted by Gasteiger charge is 2.21. The van der Waals surface area contributed by atoms with E-state index in [0.29, 0.717) is 23.6 Å². The number of ether oxygens (including phenoxy) is 1. The number of hydrogen-bond acceptors (Lipinski definition) is 6. The van der Waals surface area contributed by atoms with Gasteiger partial charge in [0.05, 0.1) is 19.0 Å². The summed E-state index contributed by atoms with van der Waals surface area (Å²) in [5.41, 5.74) is 12.6. The van der Waals surface area contributed by atoms with Crippen LogP contribution in [-0.4, -0.2) is 32.7 Å². The van der Waals surface area contributed by atoms with Gasteiger partial charge >= 0.3 is 0 Å². The van der Waals surface area contributed by atoms with E-state index in [2.05, 4.69) is 15.0 Å². The number of fused-ring (bicyclic) bond motifs is 1. The van der Waals surface area contributed by atoms with Gasteiger partial charge in [0.25, 0.3) is 0 Å². The summed E-state index contributed by atoms with van der Waals surface area (Å²) in [5.74, 6) is 0.492. The average Bonchev–Trinajstić information content (AvgIpc) is 2.83. The Morgan fingerprint density at radius 3 is 3.00 bits per heavy atom. The van der Waals surface area contributed by atoms with E-state index in [1.54, 1.807) is 6.33 Å². The molecule has 7 nitrogen and oxygen atoms in total. The van der Waals surface area contributed by atoms with Gasteiger partial charge in [0, 0.05) is 6.61 Å². The van der Waals surface area contributed by atoms with Crippen LogP contribution in [0.25, 0.3) is 11.2 Å². The van der Waals surface area contributed by atoms with Gasteiger partial charge in [-0.15, -0.1) is 0 Å². The number of aromatic nitrogens is 4. The van der Waals surface area contributed by atoms with Crippen molar-refractivity contribution in [2.24, 2.45) is 0 Å². The van der Waals surface area contributed by atoms with Crippen LogP contribution >= 0.6 is 0 Å². The summed E-state index contributed by atoms with van der Waals surface area (Å²) in [5, 5.41) is 0. The third kappa shape index (κ3) is 1.28. The van der Waals surface area contributed by atoms with Gasteiger partial charge in [0.2, 0.25) is 5.95 Å². The summed E-state index contributed by atoms with van der Waals surface area (Å²) in [6, 6.07) is 0.263. The number of rotatable bonds is 1. The van der Waals surface area contributed by atoms with Crippen molar-refractivity contribution in [3.63, 3.8) is 0 Å². The van der Waals surface area contributed by atoms with Gasteiger partial charge in [-0.05, 0) is 6.42 Å². The summed E-state index contributed by atoms with van der Waals surface area (Å²) < 4.78 is 7.29. The molecule has 0 amide bonds. The number of hydrogen-bond donors (Lipinski definition) is 2. The third-order valence-corrected chi connectivity index (χ3v) is 2.76. The van der Waals surface area contributed by atoms with E-state index in [0.717, 1.165) is 13.0 Å². The lowest BCUT2D eigenvalue weighted by Gasteiger charge is -2.09. The molecule has 1 fully saturated rings. The lowest BCUT2D eigenvalue weighted by Crippen LogP contribution is -2.09. The fourth-order valence-electron chi connectivity index (χ4n) is 1.96. The molecule has 0 aliphatic carbocycles. The fraction of sp³-hybridized carbons (Fsp3) is 0.444. The molecular formula is C9H12N6O. The van der Waals surface area contributed by atoms with Gasteiger partial charge in [-0.3, -0.25) is 0 Å². The van der Waals surface area contributed by atoms with E-state index >= 15 is 0 Å². The van der Waals surface area contributed by atoms with Crippen molar-refractivity contribution in [3.05, 3.63) is 6.33 Å².